The lowest BCUT2D eigenvalue weighted by molar-refractivity contribution is 0.204. The highest BCUT2D eigenvalue weighted by molar-refractivity contribution is 7.88. The molecule has 1 N–H and O–H groups in total. The molecule has 10 heteroatoms. The van der Waals surface area contributed by atoms with Crippen molar-refractivity contribution in [3.63, 3.8) is 0 Å². The minimum atomic E-state index is -3.21. The minimum Gasteiger partial charge on any atom is -0.347 e. The van der Waals surface area contributed by atoms with E-state index in [4.69, 9.17) is 0 Å². The highest BCUT2D eigenvalue weighted by Gasteiger charge is 2.19. The van der Waals surface area contributed by atoms with Gasteiger partial charge in [0.15, 0.2) is 0 Å². The van der Waals surface area contributed by atoms with E-state index < -0.39 is 10.0 Å². The van der Waals surface area contributed by atoms with E-state index in [9.17, 15) is 8.42 Å². The van der Waals surface area contributed by atoms with Crippen molar-refractivity contribution in [3.8, 4) is 0 Å². The number of nitrogens with one attached hydrogen (secondary N) is 1. The molecule has 9 nitrogen and oxygen atoms in total. The van der Waals surface area contributed by atoms with Gasteiger partial charge in [0.1, 0.15) is 0 Å². The van der Waals surface area contributed by atoms with Gasteiger partial charge in [0.2, 0.25) is 16.0 Å². The second-order valence-electron chi connectivity index (χ2n) is 6.44. The molecule has 2 aromatic rings. The minimum absolute atomic E-state index is 0.221. The van der Waals surface area contributed by atoms with Gasteiger partial charge in [-0.25, -0.2) is 23.1 Å². The fourth-order valence-electron chi connectivity index (χ4n) is 2.73. The molecule has 0 amide bonds. The number of hydrogen-bond acceptors (Lipinski definition) is 7. The van der Waals surface area contributed by atoms with E-state index in [0.29, 0.717) is 5.95 Å². The molecule has 0 spiro atoms. The number of fused-ring (bicyclic) bond motifs is 1. The van der Waals surface area contributed by atoms with Crippen molar-refractivity contribution in [2.24, 2.45) is 0 Å². The molecule has 0 saturated carbocycles. The van der Waals surface area contributed by atoms with Crippen molar-refractivity contribution in [1.82, 2.24) is 29.4 Å². The molecule has 136 valence electrons. The van der Waals surface area contributed by atoms with Crippen molar-refractivity contribution in [2.45, 2.75) is 26.2 Å². The molecule has 3 rings (SSSR count). The van der Waals surface area contributed by atoms with Crippen LogP contribution in [-0.4, -0.2) is 60.0 Å². The first-order valence-electron chi connectivity index (χ1n) is 8.01. The Balaban J connectivity index is 1.62. The normalized spacial score (nSPS) is 15.2. The van der Waals surface area contributed by atoms with Crippen LogP contribution in [0.4, 0.5) is 5.95 Å². The predicted octanol–water partition coefficient (Wildman–Crippen LogP) is -0.196. The van der Waals surface area contributed by atoms with Crippen molar-refractivity contribution in [3.05, 3.63) is 35.4 Å². The lowest BCUT2D eigenvalue weighted by Gasteiger charge is -2.27. The van der Waals surface area contributed by atoms with Gasteiger partial charge in [0, 0.05) is 51.7 Å². The van der Waals surface area contributed by atoms with E-state index in [1.807, 2.05) is 42.1 Å². The lowest BCUT2D eigenvalue weighted by atomic mass is 10.2. The Labute approximate surface area is 147 Å². The van der Waals surface area contributed by atoms with E-state index in [-0.39, 0.29) is 6.54 Å². The summed E-state index contributed by atoms with van der Waals surface area (Å²) in [6, 6.07) is 1.95. The molecule has 0 unspecified atom stereocenters. The van der Waals surface area contributed by atoms with E-state index in [1.54, 1.807) is 0 Å². The van der Waals surface area contributed by atoms with E-state index >= 15 is 0 Å². The Kier molecular flexibility index (Phi) is 5.02. The number of aromatic nitrogens is 4. The molecule has 0 atom stereocenters. The van der Waals surface area contributed by atoms with Crippen LogP contribution in [0, 0.1) is 0 Å². The fraction of sp³-hybridized carbons (Fsp3) is 0.533. The summed E-state index contributed by atoms with van der Waals surface area (Å²) in [5.41, 5.74) is 2.89. The number of anilines is 1. The van der Waals surface area contributed by atoms with Gasteiger partial charge in [-0.05, 0) is 6.07 Å². The van der Waals surface area contributed by atoms with Gasteiger partial charge >= 0.3 is 0 Å². The summed E-state index contributed by atoms with van der Waals surface area (Å²) in [5, 5.41) is 4.46. The third-order valence-corrected chi connectivity index (χ3v) is 4.61. The first-order valence-corrected chi connectivity index (χ1v) is 9.90. The van der Waals surface area contributed by atoms with Gasteiger partial charge in [0.25, 0.3) is 0 Å². The fourth-order valence-corrected chi connectivity index (χ4v) is 3.14. The van der Waals surface area contributed by atoms with Gasteiger partial charge in [-0.15, -0.1) is 0 Å². The Morgan fingerprint density at radius 1 is 1.24 bits per heavy atom. The first kappa shape index (κ1) is 17.8. The largest absolute Gasteiger partial charge is 0.347 e. The predicted molar refractivity (Wildman–Crippen MR) is 94.4 cm³/mol. The Morgan fingerprint density at radius 3 is 2.60 bits per heavy atom. The number of hydrogen-bond donors (Lipinski definition) is 1. The average molecular weight is 365 g/mol. The topological polar surface area (TPSA) is 96.3 Å². The molecule has 25 heavy (non-hydrogen) atoms. The molecule has 0 aromatic carbocycles. The van der Waals surface area contributed by atoms with Crippen LogP contribution in [0.5, 0.6) is 0 Å². The summed E-state index contributed by atoms with van der Waals surface area (Å²) in [5.74, 6) is 0.698. The quantitative estimate of drug-likeness (QED) is 0.757. The molecule has 0 aliphatic carbocycles. The van der Waals surface area contributed by atoms with Crippen molar-refractivity contribution in [1.29, 1.82) is 0 Å². The van der Waals surface area contributed by atoms with Crippen molar-refractivity contribution in [2.75, 3.05) is 31.8 Å². The zero-order chi connectivity index (χ0) is 18.0. The highest BCUT2D eigenvalue weighted by atomic mass is 32.2. The summed E-state index contributed by atoms with van der Waals surface area (Å²) in [4.78, 5) is 12.9. The van der Waals surface area contributed by atoms with E-state index in [1.165, 1.54) is 0 Å². The summed E-state index contributed by atoms with van der Waals surface area (Å²) < 4.78 is 26.8. The third kappa shape index (κ3) is 4.74. The van der Waals surface area contributed by atoms with Crippen LogP contribution in [0.1, 0.15) is 17.0 Å². The maximum atomic E-state index is 11.2. The van der Waals surface area contributed by atoms with E-state index in [0.717, 1.165) is 49.4 Å². The van der Waals surface area contributed by atoms with Crippen LogP contribution in [0.25, 0.3) is 0 Å². The Hall–Kier alpha value is -2.04. The van der Waals surface area contributed by atoms with Crippen LogP contribution >= 0.6 is 0 Å². The van der Waals surface area contributed by atoms with Gasteiger partial charge < -0.3 is 4.90 Å². The molecular weight excluding hydrogens is 342 g/mol. The Morgan fingerprint density at radius 2 is 1.96 bits per heavy atom. The van der Waals surface area contributed by atoms with Crippen molar-refractivity contribution < 1.29 is 8.42 Å². The maximum Gasteiger partial charge on any atom is 0.224 e. The van der Waals surface area contributed by atoms with Crippen LogP contribution in [0.2, 0.25) is 0 Å². The second kappa shape index (κ2) is 7.06. The zero-order valence-electron chi connectivity index (χ0n) is 14.7. The smallest absolute Gasteiger partial charge is 0.224 e. The molecule has 0 fully saturated rings. The molecule has 0 saturated heterocycles. The summed E-state index contributed by atoms with van der Waals surface area (Å²) in [7, 11) is 0.615. The summed E-state index contributed by atoms with van der Waals surface area (Å²) in [6.07, 6.45) is 4.86. The summed E-state index contributed by atoms with van der Waals surface area (Å²) >= 11 is 0. The standard InChI is InChI=1S/C15H23N7O2S/c1-20(2)15-16-7-12(8-17-15)10-21-4-5-22-14(11-21)6-13(19-22)9-18-25(3,23)24/h6-8,18H,4-5,9-11H2,1-3H3. The molecule has 1 aliphatic heterocycles. The SMILES string of the molecule is CN(C)c1ncc(CN2CCn3nc(CNS(C)(=O)=O)cc3C2)cn1. The van der Waals surface area contributed by atoms with Gasteiger partial charge in [-0.1, -0.05) is 0 Å². The lowest BCUT2D eigenvalue weighted by Crippen LogP contribution is -2.33. The molecule has 0 radical (unpaired) electrons. The monoisotopic (exact) mass is 365 g/mol. The average Bonchev–Trinajstić information content (AvgIpc) is 2.95. The number of nitrogens with zero attached hydrogens (tertiary/aromatic N) is 6. The van der Waals surface area contributed by atoms with Crippen LogP contribution in [0.3, 0.4) is 0 Å². The molecule has 1 aliphatic rings. The number of sulfonamides is 1. The summed E-state index contributed by atoms with van der Waals surface area (Å²) in [6.45, 7) is 3.42. The van der Waals surface area contributed by atoms with E-state index in [2.05, 4.69) is 24.7 Å². The Bertz CT molecular complexity index is 830. The van der Waals surface area contributed by atoms with Crippen molar-refractivity contribution >= 4 is 16.0 Å². The molecular formula is C15H23N7O2S. The molecule has 2 aromatic heterocycles. The van der Waals surface area contributed by atoms with Gasteiger partial charge in [-0.2, -0.15) is 5.10 Å². The number of rotatable bonds is 6. The van der Waals surface area contributed by atoms with Crippen LogP contribution in [-0.2, 0) is 36.2 Å². The van der Waals surface area contributed by atoms with Crippen LogP contribution < -0.4 is 9.62 Å². The van der Waals surface area contributed by atoms with Gasteiger partial charge in [-0.3, -0.25) is 9.58 Å². The second-order valence-corrected chi connectivity index (χ2v) is 8.27. The van der Waals surface area contributed by atoms with Gasteiger partial charge in [0.05, 0.1) is 30.7 Å². The zero-order valence-corrected chi connectivity index (χ0v) is 15.5. The molecule has 0 bridgehead atoms. The third-order valence-electron chi connectivity index (χ3n) is 3.94. The van der Waals surface area contributed by atoms with Crippen LogP contribution in [0.15, 0.2) is 18.5 Å². The first-order chi connectivity index (χ1) is 11.8. The maximum absolute atomic E-state index is 11.2. The highest BCUT2D eigenvalue weighted by Crippen LogP contribution is 2.16. The molecule has 3 heterocycles.